The Morgan fingerprint density at radius 2 is 1.74 bits per heavy atom. The molecule has 98 valence electrons. The van der Waals surface area contributed by atoms with E-state index < -0.39 is 11.4 Å². The molecular weight excluding hydrogens is 242 g/mol. The Morgan fingerprint density at radius 1 is 1.16 bits per heavy atom. The second-order valence-electron chi connectivity index (χ2n) is 4.72. The Morgan fingerprint density at radius 3 is 2.26 bits per heavy atom. The summed E-state index contributed by atoms with van der Waals surface area (Å²) in [5.41, 5.74) is 0.539. The Labute approximate surface area is 111 Å². The van der Waals surface area contributed by atoms with Crippen molar-refractivity contribution in [2.45, 2.75) is 18.8 Å². The van der Waals surface area contributed by atoms with Gasteiger partial charge < -0.3 is 10.2 Å². The number of hydrogen-bond donors (Lipinski definition) is 2. The van der Waals surface area contributed by atoms with Gasteiger partial charge in [-0.2, -0.15) is 0 Å². The molecule has 0 aliphatic carbocycles. The number of pyridine rings is 1. The van der Waals surface area contributed by atoms with Gasteiger partial charge in [-0.3, -0.25) is 9.78 Å². The molecule has 2 rings (SSSR count). The molecule has 1 atom stereocenters. The van der Waals surface area contributed by atoms with Crippen molar-refractivity contribution in [1.82, 2.24) is 4.98 Å². The number of carbonyl (C=O) groups is 1. The number of carboxylic acid groups (broad SMARTS) is 1. The van der Waals surface area contributed by atoms with Crippen LogP contribution in [0.3, 0.4) is 0 Å². The van der Waals surface area contributed by atoms with E-state index in [1.807, 2.05) is 12.1 Å². The first-order valence-corrected chi connectivity index (χ1v) is 5.94. The highest BCUT2D eigenvalue weighted by Crippen LogP contribution is 2.29. The number of phenolic OH excluding ortho intramolecular Hbond substituents is 1. The third-order valence-corrected chi connectivity index (χ3v) is 3.28. The lowest BCUT2D eigenvalue weighted by Gasteiger charge is -2.25. The summed E-state index contributed by atoms with van der Waals surface area (Å²) >= 11 is 0. The fraction of sp³-hybridized carbons (Fsp3) is 0.200. The molecule has 19 heavy (non-hydrogen) atoms. The van der Waals surface area contributed by atoms with Gasteiger partial charge in [0.25, 0.3) is 0 Å². The van der Waals surface area contributed by atoms with Crippen molar-refractivity contribution in [2.24, 2.45) is 0 Å². The van der Waals surface area contributed by atoms with E-state index in [9.17, 15) is 15.0 Å². The third kappa shape index (κ3) is 2.73. The number of aliphatic carboxylic acids is 1. The van der Waals surface area contributed by atoms with Crippen molar-refractivity contribution < 1.29 is 15.0 Å². The van der Waals surface area contributed by atoms with Gasteiger partial charge >= 0.3 is 5.97 Å². The molecule has 0 radical (unpaired) electrons. The fourth-order valence-electron chi connectivity index (χ4n) is 2.04. The summed E-state index contributed by atoms with van der Waals surface area (Å²) in [4.78, 5) is 15.6. The minimum Gasteiger partial charge on any atom is -0.508 e. The lowest BCUT2D eigenvalue weighted by molar-refractivity contribution is -0.143. The Hall–Kier alpha value is -2.36. The van der Waals surface area contributed by atoms with Crippen LogP contribution >= 0.6 is 0 Å². The normalized spacial score (nSPS) is 13.7. The molecule has 1 aromatic heterocycles. The van der Waals surface area contributed by atoms with E-state index >= 15 is 0 Å². The lowest BCUT2D eigenvalue weighted by Crippen LogP contribution is -2.34. The average molecular weight is 257 g/mol. The first-order chi connectivity index (χ1) is 9.02. The van der Waals surface area contributed by atoms with Gasteiger partial charge in [0.1, 0.15) is 5.75 Å². The van der Waals surface area contributed by atoms with E-state index in [4.69, 9.17) is 0 Å². The van der Waals surface area contributed by atoms with Gasteiger partial charge in [-0.1, -0.05) is 12.1 Å². The van der Waals surface area contributed by atoms with Gasteiger partial charge in [-0.25, -0.2) is 0 Å². The molecule has 0 amide bonds. The maximum Gasteiger partial charge on any atom is 0.314 e. The molecule has 0 aliphatic heterocycles. The Bertz CT molecular complexity index is 566. The van der Waals surface area contributed by atoms with Crippen LogP contribution in [-0.4, -0.2) is 21.2 Å². The van der Waals surface area contributed by atoms with Crippen LogP contribution in [0.4, 0.5) is 0 Å². The summed E-state index contributed by atoms with van der Waals surface area (Å²) in [6, 6.07) is 9.91. The molecule has 1 heterocycles. The summed E-state index contributed by atoms with van der Waals surface area (Å²) < 4.78 is 0. The average Bonchev–Trinajstić information content (AvgIpc) is 2.40. The van der Waals surface area contributed by atoms with Gasteiger partial charge in [0.2, 0.25) is 0 Å². The van der Waals surface area contributed by atoms with Gasteiger partial charge in [0.15, 0.2) is 0 Å². The van der Waals surface area contributed by atoms with Crippen molar-refractivity contribution >= 4 is 5.97 Å². The molecule has 0 aliphatic rings. The maximum absolute atomic E-state index is 11.6. The number of rotatable bonds is 4. The number of aromatic hydroxyl groups is 1. The number of phenols is 1. The second kappa shape index (κ2) is 5.10. The molecule has 2 N–H and O–H groups in total. The van der Waals surface area contributed by atoms with E-state index in [2.05, 4.69) is 4.98 Å². The molecule has 1 unspecified atom stereocenters. The van der Waals surface area contributed by atoms with Gasteiger partial charge in [-0.15, -0.1) is 0 Å². The van der Waals surface area contributed by atoms with E-state index in [-0.39, 0.29) is 5.75 Å². The van der Waals surface area contributed by atoms with Crippen LogP contribution in [-0.2, 0) is 16.6 Å². The molecule has 0 saturated heterocycles. The van der Waals surface area contributed by atoms with Crippen molar-refractivity contribution in [3.8, 4) is 5.75 Å². The van der Waals surface area contributed by atoms with Crippen molar-refractivity contribution in [3.05, 3.63) is 59.9 Å². The van der Waals surface area contributed by atoms with E-state index in [1.165, 1.54) is 12.1 Å². The largest absolute Gasteiger partial charge is 0.508 e. The SMILES string of the molecule is CC(Cc1ccncc1)(C(=O)O)c1ccc(O)cc1. The number of aromatic nitrogens is 1. The number of benzene rings is 1. The van der Waals surface area contributed by atoms with Crippen molar-refractivity contribution in [3.63, 3.8) is 0 Å². The summed E-state index contributed by atoms with van der Waals surface area (Å²) in [5.74, 6) is -0.768. The van der Waals surface area contributed by atoms with E-state index in [1.54, 1.807) is 31.5 Å². The zero-order valence-corrected chi connectivity index (χ0v) is 10.6. The first-order valence-electron chi connectivity index (χ1n) is 5.94. The topological polar surface area (TPSA) is 70.4 Å². The van der Waals surface area contributed by atoms with Gasteiger partial charge in [-0.05, 0) is 48.7 Å². The molecule has 0 spiro atoms. The van der Waals surface area contributed by atoms with Crippen LogP contribution in [0.25, 0.3) is 0 Å². The highest BCUT2D eigenvalue weighted by molar-refractivity contribution is 5.81. The van der Waals surface area contributed by atoms with Crippen LogP contribution < -0.4 is 0 Å². The monoisotopic (exact) mass is 257 g/mol. The highest BCUT2D eigenvalue weighted by atomic mass is 16.4. The van der Waals surface area contributed by atoms with Crippen LogP contribution in [0.2, 0.25) is 0 Å². The zero-order chi connectivity index (χ0) is 13.9. The molecule has 1 aromatic carbocycles. The van der Waals surface area contributed by atoms with Crippen LogP contribution in [0.15, 0.2) is 48.8 Å². The standard InChI is InChI=1S/C15H15NO3/c1-15(14(18)19,10-11-6-8-16-9-7-11)12-2-4-13(17)5-3-12/h2-9,17H,10H2,1H3,(H,18,19). The predicted octanol–water partition coefficient (Wildman–Crippen LogP) is 2.37. The minimum atomic E-state index is -1.03. The first kappa shape index (κ1) is 13.1. The molecule has 2 aromatic rings. The second-order valence-corrected chi connectivity index (χ2v) is 4.72. The number of carboxylic acids is 1. The van der Waals surface area contributed by atoms with E-state index in [0.717, 1.165) is 5.56 Å². The molecule has 0 fully saturated rings. The van der Waals surface area contributed by atoms with Crippen LogP contribution in [0.5, 0.6) is 5.75 Å². The molecular formula is C15H15NO3. The van der Waals surface area contributed by atoms with Gasteiger partial charge in [0, 0.05) is 12.4 Å². The quantitative estimate of drug-likeness (QED) is 0.882. The molecule has 0 saturated carbocycles. The summed E-state index contributed by atoms with van der Waals surface area (Å²) in [6.07, 6.45) is 3.67. The molecule has 4 heteroatoms. The van der Waals surface area contributed by atoms with Crippen molar-refractivity contribution in [2.75, 3.05) is 0 Å². The lowest BCUT2D eigenvalue weighted by atomic mass is 9.77. The smallest absolute Gasteiger partial charge is 0.314 e. The van der Waals surface area contributed by atoms with Crippen molar-refractivity contribution in [1.29, 1.82) is 0 Å². The van der Waals surface area contributed by atoms with Crippen LogP contribution in [0, 0.1) is 0 Å². The summed E-state index contributed by atoms with van der Waals surface area (Å²) in [7, 11) is 0. The summed E-state index contributed by atoms with van der Waals surface area (Å²) in [5, 5.41) is 18.8. The zero-order valence-electron chi connectivity index (χ0n) is 10.6. The maximum atomic E-state index is 11.6. The Balaban J connectivity index is 2.38. The number of nitrogens with zero attached hydrogens (tertiary/aromatic N) is 1. The number of hydrogen-bond acceptors (Lipinski definition) is 3. The van der Waals surface area contributed by atoms with Gasteiger partial charge in [0.05, 0.1) is 5.41 Å². The predicted molar refractivity (Wildman–Crippen MR) is 71.0 cm³/mol. The van der Waals surface area contributed by atoms with Crippen LogP contribution in [0.1, 0.15) is 18.1 Å². The molecule has 4 nitrogen and oxygen atoms in total. The highest BCUT2D eigenvalue weighted by Gasteiger charge is 2.35. The minimum absolute atomic E-state index is 0.125. The molecule has 0 bridgehead atoms. The third-order valence-electron chi connectivity index (χ3n) is 3.28. The summed E-state index contributed by atoms with van der Waals surface area (Å²) in [6.45, 7) is 1.68. The van der Waals surface area contributed by atoms with E-state index in [0.29, 0.717) is 12.0 Å². The fourth-order valence-corrected chi connectivity index (χ4v) is 2.04. The Kier molecular flexibility index (Phi) is 3.51.